The van der Waals surface area contributed by atoms with Crippen LogP contribution in [0.5, 0.6) is 0 Å². The Morgan fingerprint density at radius 3 is 2.58 bits per heavy atom. The van der Waals surface area contributed by atoms with Crippen molar-refractivity contribution in [3.05, 3.63) is 70.3 Å². The van der Waals surface area contributed by atoms with Crippen LogP contribution in [0.3, 0.4) is 0 Å². The topological polar surface area (TPSA) is 74.8 Å². The molecule has 0 radical (unpaired) electrons. The summed E-state index contributed by atoms with van der Waals surface area (Å²) in [6, 6.07) is 14.2. The molecule has 2 aromatic carbocycles. The average molecular weight is 340 g/mol. The van der Waals surface area contributed by atoms with Crippen molar-refractivity contribution >= 4 is 45.2 Å². The van der Waals surface area contributed by atoms with Crippen LogP contribution in [0.1, 0.15) is 18.3 Å². The van der Waals surface area contributed by atoms with E-state index in [-0.39, 0.29) is 11.5 Å². The zero-order valence-electron chi connectivity index (χ0n) is 12.8. The monoisotopic (exact) mass is 339 g/mol. The number of amides is 1. The number of carbonyl (C=O) groups is 1. The second-order valence-corrected chi connectivity index (χ2v) is 5.63. The Bertz CT molecular complexity index is 991. The molecule has 6 heteroatoms. The third kappa shape index (κ3) is 3.52. The minimum absolute atomic E-state index is 0.130. The van der Waals surface area contributed by atoms with E-state index < -0.39 is 0 Å². The molecular formula is C18H14ClN3O2. The van der Waals surface area contributed by atoms with Crippen LogP contribution in [0.25, 0.3) is 22.0 Å². The highest BCUT2D eigenvalue weighted by Gasteiger charge is 2.06. The SMILES string of the molecule is CC(=O)Nc1ccc(/C=C(\Cl)c2nc3ccccc3c(=O)[nH]2)cc1. The molecule has 0 aliphatic rings. The third-order valence-electron chi connectivity index (χ3n) is 3.36. The lowest BCUT2D eigenvalue weighted by Gasteiger charge is -2.04. The van der Waals surface area contributed by atoms with Crippen LogP contribution in [-0.2, 0) is 4.79 Å². The molecule has 0 fully saturated rings. The van der Waals surface area contributed by atoms with Crippen LogP contribution in [0.2, 0.25) is 0 Å². The van der Waals surface area contributed by atoms with E-state index in [4.69, 9.17) is 11.6 Å². The smallest absolute Gasteiger partial charge is 0.259 e. The van der Waals surface area contributed by atoms with E-state index in [0.29, 0.717) is 27.4 Å². The summed E-state index contributed by atoms with van der Waals surface area (Å²) in [7, 11) is 0. The highest BCUT2D eigenvalue weighted by molar-refractivity contribution is 6.50. The number of nitrogens with zero attached hydrogens (tertiary/aromatic N) is 1. The van der Waals surface area contributed by atoms with Crippen LogP contribution in [0, 0.1) is 0 Å². The van der Waals surface area contributed by atoms with Crippen LogP contribution >= 0.6 is 11.6 Å². The van der Waals surface area contributed by atoms with Crippen molar-refractivity contribution in [2.24, 2.45) is 0 Å². The lowest BCUT2D eigenvalue weighted by Crippen LogP contribution is -2.10. The van der Waals surface area contributed by atoms with Crippen molar-refractivity contribution in [3.8, 4) is 0 Å². The number of para-hydroxylation sites is 1. The van der Waals surface area contributed by atoms with Crippen LogP contribution in [0.15, 0.2) is 53.3 Å². The summed E-state index contributed by atoms with van der Waals surface area (Å²) >= 11 is 6.30. The Hall–Kier alpha value is -2.92. The number of aromatic nitrogens is 2. The summed E-state index contributed by atoms with van der Waals surface area (Å²) in [4.78, 5) is 30.2. The molecule has 3 aromatic rings. The second-order valence-electron chi connectivity index (χ2n) is 5.23. The molecule has 2 N–H and O–H groups in total. The number of anilines is 1. The second kappa shape index (κ2) is 6.68. The van der Waals surface area contributed by atoms with E-state index in [1.807, 2.05) is 18.2 Å². The molecule has 120 valence electrons. The Morgan fingerprint density at radius 2 is 1.88 bits per heavy atom. The molecule has 0 aliphatic carbocycles. The Labute approximate surface area is 143 Å². The molecule has 3 rings (SSSR count). The fraction of sp³-hybridized carbons (Fsp3) is 0.0556. The first-order valence-corrected chi connectivity index (χ1v) is 7.65. The summed E-state index contributed by atoms with van der Waals surface area (Å²) in [5.41, 5.74) is 1.88. The van der Waals surface area contributed by atoms with Gasteiger partial charge < -0.3 is 10.3 Å². The average Bonchev–Trinajstić information content (AvgIpc) is 2.56. The summed E-state index contributed by atoms with van der Waals surface area (Å²) in [5, 5.41) is 3.54. The van der Waals surface area contributed by atoms with Gasteiger partial charge in [0.25, 0.3) is 5.56 Å². The van der Waals surface area contributed by atoms with Gasteiger partial charge in [-0.15, -0.1) is 0 Å². The fourth-order valence-corrected chi connectivity index (χ4v) is 2.50. The first-order valence-electron chi connectivity index (χ1n) is 7.27. The molecule has 0 saturated carbocycles. The molecule has 0 aliphatic heterocycles. The van der Waals surface area contributed by atoms with Crippen molar-refractivity contribution in [2.75, 3.05) is 5.32 Å². The highest BCUT2D eigenvalue weighted by Crippen LogP contribution is 2.20. The van der Waals surface area contributed by atoms with Crippen LogP contribution in [-0.4, -0.2) is 15.9 Å². The number of halogens is 1. The van der Waals surface area contributed by atoms with Gasteiger partial charge in [0, 0.05) is 12.6 Å². The van der Waals surface area contributed by atoms with Gasteiger partial charge in [0.05, 0.1) is 15.9 Å². The van der Waals surface area contributed by atoms with Gasteiger partial charge in [-0.2, -0.15) is 0 Å². The van der Waals surface area contributed by atoms with E-state index in [1.165, 1.54) is 6.92 Å². The van der Waals surface area contributed by atoms with Gasteiger partial charge in [-0.25, -0.2) is 4.98 Å². The van der Waals surface area contributed by atoms with Crippen LogP contribution < -0.4 is 10.9 Å². The number of rotatable bonds is 3. The maximum absolute atomic E-state index is 12.1. The predicted molar refractivity (Wildman–Crippen MR) is 96.8 cm³/mol. The van der Waals surface area contributed by atoms with Gasteiger partial charge in [-0.1, -0.05) is 35.9 Å². The van der Waals surface area contributed by atoms with Crippen molar-refractivity contribution in [1.82, 2.24) is 9.97 Å². The van der Waals surface area contributed by atoms with E-state index in [9.17, 15) is 9.59 Å². The largest absolute Gasteiger partial charge is 0.326 e. The molecule has 5 nitrogen and oxygen atoms in total. The number of aromatic amines is 1. The van der Waals surface area contributed by atoms with Gasteiger partial charge >= 0.3 is 0 Å². The molecule has 1 heterocycles. The summed E-state index contributed by atoms with van der Waals surface area (Å²) < 4.78 is 0. The molecule has 0 saturated heterocycles. The van der Waals surface area contributed by atoms with Crippen LogP contribution in [0.4, 0.5) is 5.69 Å². The first kappa shape index (κ1) is 16.0. The Kier molecular flexibility index (Phi) is 4.44. The Morgan fingerprint density at radius 1 is 1.17 bits per heavy atom. The van der Waals surface area contributed by atoms with Crippen molar-refractivity contribution in [3.63, 3.8) is 0 Å². The number of benzene rings is 2. The zero-order chi connectivity index (χ0) is 17.1. The summed E-state index contributed by atoms with van der Waals surface area (Å²) in [6.07, 6.45) is 1.70. The minimum Gasteiger partial charge on any atom is -0.326 e. The van der Waals surface area contributed by atoms with E-state index in [2.05, 4.69) is 15.3 Å². The van der Waals surface area contributed by atoms with E-state index in [0.717, 1.165) is 5.56 Å². The molecule has 0 unspecified atom stereocenters. The minimum atomic E-state index is -0.233. The molecule has 0 atom stereocenters. The maximum atomic E-state index is 12.1. The van der Waals surface area contributed by atoms with Gasteiger partial charge in [0.1, 0.15) is 0 Å². The molecule has 0 spiro atoms. The lowest BCUT2D eigenvalue weighted by molar-refractivity contribution is -0.114. The highest BCUT2D eigenvalue weighted by atomic mass is 35.5. The number of carbonyl (C=O) groups excluding carboxylic acids is 1. The van der Waals surface area contributed by atoms with E-state index in [1.54, 1.807) is 36.4 Å². The van der Waals surface area contributed by atoms with Crippen molar-refractivity contribution in [2.45, 2.75) is 6.92 Å². The van der Waals surface area contributed by atoms with Gasteiger partial charge in [-0.3, -0.25) is 9.59 Å². The third-order valence-corrected chi connectivity index (χ3v) is 3.65. The number of H-pyrrole nitrogens is 1. The molecule has 0 bridgehead atoms. The molecule has 1 aromatic heterocycles. The first-order chi connectivity index (χ1) is 11.5. The zero-order valence-corrected chi connectivity index (χ0v) is 13.6. The van der Waals surface area contributed by atoms with Gasteiger partial charge in [-0.05, 0) is 35.9 Å². The standard InChI is InChI=1S/C18H14ClN3O2/c1-11(23)20-13-8-6-12(7-9-13)10-15(19)17-21-16-5-3-2-4-14(16)18(24)22-17/h2-10H,1H3,(H,20,23)(H,21,22,24)/b15-10-. The predicted octanol–water partition coefficient (Wildman–Crippen LogP) is 3.62. The van der Waals surface area contributed by atoms with Gasteiger partial charge in [0.15, 0.2) is 5.82 Å². The summed E-state index contributed by atoms with van der Waals surface area (Å²) in [6.45, 7) is 1.45. The number of hydrogen-bond donors (Lipinski definition) is 2. The normalized spacial score (nSPS) is 11.5. The van der Waals surface area contributed by atoms with E-state index >= 15 is 0 Å². The molecule has 24 heavy (non-hydrogen) atoms. The van der Waals surface area contributed by atoms with Crippen molar-refractivity contribution < 1.29 is 4.79 Å². The Balaban J connectivity index is 1.93. The summed E-state index contributed by atoms with van der Waals surface area (Å²) in [5.74, 6) is 0.181. The lowest BCUT2D eigenvalue weighted by atomic mass is 10.2. The van der Waals surface area contributed by atoms with Crippen molar-refractivity contribution in [1.29, 1.82) is 0 Å². The number of hydrogen-bond acceptors (Lipinski definition) is 3. The maximum Gasteiger partial charge on any atom is 0.259 e. The van der Waals surface area contributed by atoms with Gasteiger partial charge in [0.2, 0.25) is 5.91 Å². The quantitative estimate of drug-likeness (QED) is 0.765. The molecular weight excluding hydrogens is 326 g/mol. The fourth-order valence-electron chi connectivity index (χ4n) is 2.28. The number of fused-ring (bicyclic) bond motifs is 1. The number of nitrogens with one attached hydrogen (secondary N) is 2. The molecule has 1 amide bonds.